The lowest BCUT2D eigenvalue weighted by Gasteiger charge is -2.32. The zero-order chi connectivity index (χ0) is 15.3. The van der Waals surface area contributed by atoms with Crippen LogP contribution in [-0.4, -0.2) is 44.4 Å². The van der Waals surface area contributed by atoms with E-state index in [9.17, 15) is 9.59 Å². The van der Waals surface area contributed by atoms with Gasteiger partial charge in [-0.1, -0.05) is 0 Å². The molecule has 1 N–H and O–H groups in total. The number of likely N-dealkylation sites (tertiary alicyclic amines) is 1. The molecule has 22 heavy (non-hydrogen) atoms. The number of fused-ring (bicyclic) bond motifs is 1. The number of imidazole rings is 1. The Labute approximate surface area is 131 Å². The SMILES string of the molecule is O=C(O)C1CC12CCN(C(=O)Cc1csc3nccn13)CC2. The standard InChI is InChI=1S/C15H17N3O3S/c19-12(7-10-9-22-14-16-3-6-18(10)14)17-4-1-15(2-5-17)8-11(15)13(20)21/h3,6,9,11H,1-2,4-5,7-8H2,(H,20,21). The van der Waals surface area contributed by atoms with Gasteiger partial charge in [0.2, 0.25) is 5.91 Å². The maximum Gasteiger partial charge on any atom is 0.307 e. The van der Waals surface area contributed by atoms with Crippen molar-refractivity contribution in [3.05, 3.63) is 23.5 Å². The van der Waals surface area contributed by atoms with Crippen molar-refractivity contribution >= 4 is 28.2 Å². The Morgan fingerprint density at radius 1 is 1.41 bits per heavy atom. The molecule has 4 rings (SSSR count). The Kier molecular flexibility index (Phi) is 3.00. The Morgan fingerprint density at radius 2 is 2.18 bits per heavy atom. The number of carbonyl (C=O) groups excluding carboxylic acids is 1. The van der Waals surface area contributed by atoms with Gasteiger partial charge in [0.25, 0.3) is 0 Å². The first-order chi connectivity index (χ1) is 10.6. The highest BCUT2D eigenvalue weighted by Gasteiger charge is 2.59. The number of amides is 1. The molecular weight excluding hydrogens is 302 g/mol. The molecule has 1 amide bonds. The third-order valence-corrected chi connectivity index (χ3v) is 6.05. The lowest BCUT2D eigenvalue weighted by Crippen LogP contribution is -2.40. The molecule has 2 aromatic heterocycles. The van der Waals surface area contributed by atoms with Crippen LogP contribution in [0.2, 0.25) is 0 Å². The minimum atomic E-state index is -0.680. The third-order valence-electron chi connectivity index (χ3n) is 5.15. The molecular formula is C15H17N3O3S. The molecule has 1 aliphatic heterocycles. The van der Waals surface area contributed by atoms with Crippen molar-refractivity contribution < 1.29 is 14.7 Å². The van der Waals surface area contributed by atoms with Crippen LogP contribution in [0, 0.1) is 11.3 Å². The molecule has 0 aromatic carbocycles. The molecule has 116 valence electrons. The molecule has 1 saturated heterocycles. The minimum Gasteiger partial charge on any atom is -0.481 e. The summed E-state index contributed by atoms with van der Waals surface area (Å²) in [5.41, 5.74) is 0.945. The van der Waals surface area contributed by atoms with E-state index < -0.39 is 5.97 Å². The van der Waals surface area contributed by atoms with Gasteiger partial charge in [-0.25, -0.2) is 4.98 Å². The molecule has 2 aliphatic rings. The molecule has 1 atom stereocenters. The fraction of sp³-hybridized carbons (Fsp3) is 0.533. The van der Waals surface area contributed by atoms with Crippen LogP contribution in [-0.2, 0) is 16.0 Å². The number of carboxylic acid groups (broad SMARTS) is 1. The van der Waals surface area contributed by atoms with E-state index in [0.29, 0.717) is 19.5 Å². The molecule has 1 spiro atoms. The topological polar surface area (TPSA) is 74.9 Å². The number of nitrogens with zero attached hydrogens (tertiary/aromatic N) is 3. The van der Waals surface area contributed by atoms with Crippen LogP contribution in [0.3, 0.4) is 0 Å². The molecule has 0 bridgehead atoms. The predicted molar refractivity (Wildman–Crippen MR) is 80.8 cm³/mol. The quantitative estimate of drug-likeness (QED) is 0.933. The van der Waals surface area contributed by atoms with Crippen LogP contribution in [0.15, 0.2) is 17.8 Å². The first-order valence-electron chi connectivity index (χ1n) is 7.49. The second-order valence-corrected chi connectivity index (χ2v) is 7.16. The summed E-state index contributed by atoms with van der Waals surface area (Å²) >= 11 is 1.54. The Hall–Kier alpha value is -1.89. The maximum absolute atomic E-state index is 12.5. The summed E-state index contributed by atoms with van der Waals surface area (Å²) in [5, 5.41) is 11.1. The Morgan fingerprint density at radius 3 is 2.86 bits per heavy atom. The Balaban J connectivity index is 1.39. The largest absolute Gasteiger partial charge is 0.481 e. The monoisotopic (exact) mass is 319 g/mol. The zero-order valence-corrected chi connectivity index (χ0v) is 12.9. The van der Waals surface area contributed by atoms with E-state index in [1.807, 2.05) is 20.9 Å². The van der Waals surface area contributed by atoms with Gasteiger partial charge in [-0.2, -0.15) is 0 Å². The second kappa shape index (κ2) is 4.81. The van der Waals surface area contributed by atoms with Crippen molar-refractivity contribution in [1.29, 1.82) is 0 Å². The molecule has 0 radical (unpaired) electrons. The summed E-state index contributed by atoms with van der Waals surface area (Å²) < 4.78 is 1.95. The van der Waals surface area contributed by atoms with Crippen molar-refractivity contribution in [3.63, 3.8) is 0 Å². The van der Waals surface area contributed by atoms with E-state index in [1.165, 1.54) is 11.3 Å². The van der Waals surface area contributed by atoms with Crippen LogP contribution in [0.25, 0.3) is 4.96 Å². The normalized spacial score (nSPS) is 23.1. The molecule has 2 fully saturated rings. The van der Waals surface area contributed by atoms with Crippen molar-refractivity contribution in [3.8, 4) is 0 Å². The highest BCUT2D eigenvalue weighted by molar-refractivity contribution is 7.15. The number of carbonyl (C=O) groups is 2. The highest BCUT2D eigenvalue weighted by Crippen LogP contribution is 2.59. The van der Waals surface area contributed by atoms with Gasteiger partial charge in [-0.05, 0) is 24.7 Å². The molecule has 1 saturated carbocycles. The minimum absolute atomic E-state index is 0.0252. The van der Waals surface area contributed by atoms with Crippen LogP contribution < -0.4 is 0 Å². The van der Waals surface area contributed by atoms with Gasteiger partial charge >= 0.3 is 5.97 Å². The van der Waals surface area contributed by atoms with Gasteiger partial charge in [-0.3, -0.25) is 14.0 Å². The first-order valence-corrected chi connectivity index (χ1v) is 8.37. The van der Waals surface area contributed by atoms with E-state index in [0.717, 1.165) is 29.9 Å². The van der Waals surface area contributed by atoms with Gasteiger partial charge in [0.15, 0.2) is 4.96 Å². The van der Waals surface area contributed by atoms with E-state index >= 15 is 0 Å². The van der Waals surface area contributed by atoms with Gasteiger partial charge in [0.1, 0.15) is 0 Å². The molecule has 7 heteroatoms. The molecule has 1 aliphatic carbocycles. The number of carboxylic acids is 1. The van der Waals surface area contributed by atoms with Gasteiger partial charge in [-0.15, -0.1) is 11.3 Å². The van der Waals surface area contributed by atoms with Crippen LogP contribution >= 0.6 is 11.3 Å². The second-order valence-electron chi connectivity index (χ2n) is 6.32. The van der Waals surface area contributed by atoms with E-state index in [-0.39, 0.29) is 17.2 Å². The van der Waals surface area contributed by atoms with E-state index in [2.05, 4.69) is 4.98 Å². The van der Waals surface area contributed by atoms with Crippen molar-refractivity contribution in [2.45, 2.75) is 25.7 Å². The average molecular weight is 319 g/mol. The summed E-state index contributed by atoms with van der Waals surface area (Å²) in [7, 11) is 0. The fourth-order valence-electron chi connectivity index (χ4n) is 3.62. The zero-order valence-electron chi connectivity index (χ0n) is 12.1. The molecule has 6 nitrogen and oxygen atoms in total. The van der Waals surface area contributed by atoms with Gasteiger partial charge < -0.3 is 10.0 Å². The Bertz CT molecular complexity index is 742. The van der Waals surface area contributed by atoms with Crippen LogP contribution in [0.1, 0.15) is 25.0 Å². The van der Waals surface area contributed by atoms with Gasteiger partial charge in [0, 0.05) is 36.6 Å². The molecule has 3 heterocycles. The summed E-state index contributed by atoms with van der Waals surface area (Å²) in [5.74, 6) is -0.747. The number of rotatable bonds is 3. The first kappa shape index (κ1) is 13.8. The number of hydrogen-bond donors (Lipinski definition) is 1. The van der Waals surface area contributed by atoms with Crippen molar-refractivity contribution in [2.24, 2.45) is 11.3 Å². The highest BCUT2D eigenvalue weighted by atomic mass is 32.1. The number of aliphatic carboxylic acids is 1. The summed E-state index contributed by atoms with van der Waals surface area (Å²) in [6.07, 6.45) is 6.42. The number of thiazole rings is 1. The summed E-state index contributed by atoms with van der Waals surface area (Å²) in [6.45, 7) is 1.36. The van der Waals surface area contributed by atoms with Crippen molar-refractivity contribution in [2.75, 3.05) is 13.1 Å². The molecule has 1 unspecified atom stereocenters. The van der Waals surface area contributed by atoms with E-state index in [4.69, 9.17) is 5.11 Å². The number of hydrogen-bond acceptors (Lipinski definition) is 4. The van der Waals surface area contributed by atoms with E-state index in [1.54, 1.807) is 6.20 Å². The predicted octanol–water partition coefficient (Wildman–Crippen LogP) is 1.65. The molecule has 2 aromatic rings. The average Bonchev–Trinajstić information content (AvgIpc) is 2.85. The van der Waals surface area contributed by atoms with Gasteiger partial charge in [0.05, 0.1) is 12.3 Å². The fourth-order valence-corrected chi connectivity index (χ4v) is 4.47. The summed E-state index contributed by atoms with van der Waals surface area (Å²) in [6, 6.07) is 0. The van der Waals surface area contributed by atoms with Crippen molar-refractivity contribution in [1.82, 2.24) is 14.3 Å². The summed E-state index contributed by atoms with van der Waals surface area (Å²) in [4.78, 5) is 30.5. The number of piperidine rings is 1. The van der Waals surface area contributed by atoms with Crippen LogP contribution in [0.5, 0.6) is 0 Å². The maximum atomic E-state index is 12.5. The lowest BCUT2D eigenvalue weighted by atomic mass is 9.90. The van der Waals surface area contributed by atoms with Crippen LogP contribution in [0.4, 0.5) is 0 Å². The third kappa shape index (κ3) is 2.11. The number of aromatic nitrogens is 2. The smallest absolute Gasteiger partial charge is 0.307 e. The lowest BCUT2D eigenvalue weighted by molar-refractivity contribution is -0.139.